The van der Waals surface area contributed by atoms with E-state index in [0.29, 0.717) is 43.0 Å². The van der Waals surface area contributed by atoms with Gasteiger partial charge in [0.1, 0.15) is 17.5 Å². The van der Waals surface area contributed by atoms with E-state index in [1.54, 1.807) is 13.8 Å². The summed E-state index contributed by atoms with van der Waals surface area (Å²) in [7, 11) is 0. The van der Waals surface area contributed by atoms with Crippen molar-refractivity contribution < 1.29 is 14.5 Å². The van der Waals surface area contributed by atoms with Crippen molar-refractivity contribution in [2.45, 2.75) is 83.0 Å². The number of hydroxylamine groups is 1. The summed E-state index contributed by atoms with van der Waals surface area (Å²) in [6, 6.07) is 15.7. The van der Waals surface area contributed by atoms with Crippen molar-refractivity contribution in [1.82, 2.24) is 34.8 Å². The minimum Gasteiger partial charge on any atom is -0.384 e. The highest BCUT2D eigenvalue weighted by atomic mass is 16.7. The molecule has 4 heterocycles. The normalized spacial score (nSPS) is 19.9. The molecule has 0 atom stereocenters. The molecule has 3 aromatic heterocycles. The summed E-state index contributed by atoms with van der Waals surface area (Å²) < 4.78 is 8.41. The van der Waals surface area contributed by atoms with E-state index in [-0.39, 0.29) is 11.6 Å². The van der Waals surface area contributed by atoms with E-state index in [1.807, 2.05) is 63.7 Å². The fourth-order valence-corrected chi connectivity index (χ4v) is 6.75. The molecule has 5 aromatic rings. The SMILES string of the molecule is CCCc1c(Cc2ccc(-c3ccccc3-c3noc(=O)[nH]3)cc2)c(=O)n(C2CCC3(C=C(C(C)(C)O)NO3)CC2)c2ncnn12. The zero-order chi connectivity index (χ0) is 32.1. The number of nitrogens with zero attached hydrogens (tertiary/aromatic N) is 5. The first-order valence-corrected chi connectivity index (χ1v) is 15.8. The van der Waals surface area contributed by atoms with Crippen molar-refractivity contribution in [3.05, 3.63) is 104 Å². The van der Waals surface area contributed by atoms with Crippen LogP contribution in [-0.4, -0.2) is 45.6 Å². The summed E-state index contributed by atoms with van der Waals surface area (Å²) >= 11 is 0. The van der Waals surface area contributed by atoms with Gasteiger partial charge in [-0.25, -0.2) is 9.31 Å². The van der Waals surface area contributed by atoms with E-state index in [0.717, 1.165) is 52.8 Å². The van der Waals surface area contributed by atoms with Gasteiger partial charge >= 0.3 is 5.76 Å². The Labute approximate surface area is 264 Å². The zero-order valence-electron chi connectivity index (χ0n) is 26.1. The number of aromatic nitrogens is 6. The second-order valence-corrected chi connectivity index (χ2v) is 12.8. The number of aliphatic hydroxyl groups is 1. The van der Waals surface area contributed by atoms with Crippen LogP contribution < -0.4 is 16.8 Å². The lowest BCUT2D eigenvalue weighted by atomic mass is 9.81. The summed E-state index contributed by atoms with van der Waals surface area (Å²) in [5.41, 5.74) is 7.23. The van der Waals surface area contributed by atoms with Crippen molar-refractivity contribution in [1.29, 1.82) is 0 Å². The lowest BCUT2D eigenvalue weighted by Crippen LogP contribution is -2.39. The van der Waals surface area contributed by atoms with E-state index in [4.69, 9.17) is 9.36 Å². The molecule has 0 saturated heterocycles. The number of aromatic amines is 1. The molecule has 1 saturated carbocycles. The van der Waals surface area contributed by atoms with Gasteiger partial charge in [-0.1, -0.05) is 67.0 Å². The van der Waals surface area contributed by atoms with Crippen LogP contribution in [0.2, 0.25) is 0 Å². The monoisotopic (exact) mass is 623 g/mol. The van der Waals surface area contributed by atoms with Gasteiger partial charge in [-0.15, -0.1) is 0 Å². The lowest BCUT2D eigenvalue weighted by molar-refractivity contribution is -0.0736. The predicted molar refractivity (Wildman–Crippen MR) is 171 cm³/mol. The number of aryl methyl sites for hydroxylation is 1. The Hall–Kier alpha value is -4.81. The van der Waals surface area contributed by atoms with Gasteiger partial charge in [0.15, 0.2) is 5.82 Å². The average molecular weight is 624 g/mol. The number of fused-ring (bicyclic) bond motifs is 1. The number of nitrogens with one attached hydrogen (secondary N) is 2. The second-order valence-electron chi connectivity index (χ2n) is 12.8. The molecule has 0 radical (unpaired) electrons. The largest absolute Gasteiger partial charge is 0.439 e. The van der Waals surface area contributed by atoms with E-state index in [2.05, 4.69) is 32.6 Å². The number of hydrogen-bond donors (Lipinski definition) is 3. The molecular weight excluding hydrogens is 586 g/mol. The molecule has 1 aliphatic carbocycles. The minimum atomic E-state index is -1.02. The van der Waals surface area contributed by atoms with Crippen LogP contribution in [0.3, 0.4) is 0 Å². The average Bonchev–Trinajstić information content (AvgIpc) is 3.81. The molecule has 12 nitrogen and oxygen atoms in total. The van der Waals surface area contributed by atoms with Crippen LogP contribution in [0.5, 0.6) is 0 Å². The number of rotatable bonds is 8. The van der Waals surface area contributed by atoms with Crippen LogP contribution in [0.15, 0.2) is 80.7 Å². The summed E-state index contributed by atoms with van der Waals surface area (Å²) in [5.74, 6) is 0.328. The van der Waals surface area contributed by atoms with Gasteiger partial charge in [-0.2, -0.15) is 10.1 Å². The van der Waals surface area contributed by atoms with E-state index in [9.17, 15) is 14.7 Å². The molecule has 1 fully saturated rings. The van der Waals surface area contributed by atoms with Gasteiger partial charge in [0.05, 0.1) is 11.4 Å². The van der Waals surface area contributed by atoms with Gasteiger partial charge in [-0.3, -0.25) is 29.2 Å². The summed E-state index contributed by atoms with van der Waals surface area (Å²) in [5, 5.41) is 18.9. The Balaban J connectivity index is 1.21. The molecule has 7 rings (SSSR count). The Morgan fingerprint density at radius 3 is 2.46 bits per heavy atom. The number of benzene rings is 2. The molecule has 2 aromatic carbocycles. The second kappa shape index (κ2) is 11.5. The van der Waals surface area contributed by atoms with Crippen LogP contribution in [0.1, 0.15) is 75.7 Å². The van der Waals surface area contributed by atoms with Crippen LogP contribution in [-0.2, 0) is 17.7 Å². The Morgan fingerprint density at radius 2 is 1.80 bits per heavy atom. The summed E-state index contributed by atoms with van der Waals surface area (Å²) in [6.07, 6.45) is 8.37. The quantitative estimate of drug-likeness (QED) is 0.227. The van der Waals surface area contributed by atoms with Gasteiger partial charge in [0.25, 0.3) is 5.56 Å². The Bertz CT molecular complexity index is 2040. The van der Waals surface area contributed by atoms with Crippen LogP contribution in [0.4, 0.5) is 0 Å². The highest BCUT2D eigenvalue weighted by Gasteiger charge is 2.42. The van der Waals surface area contributed by atoms with Crippen molar-refractivity contribution >= 4 is 5.78 Å². The summed E-state index contributed by atoms with van der Waals surface area (Å²) in [4.78, 5) is 39.2. The maximum Gasteiger partial charge on any atom is 0.439 e. The maximum atomic E-state index is 14.4. The molecular formula is C34H37N7O5. The predicted octanol–water partition coefficient (Wildman–Crippen LogP) is 4.49. The Morgan fingerprint density at radius 1 is 1.07 bits per heavy atom. The fraction of sp³-hybridized carbons (Fsp3) is 0.382. The van der Waals surface area contributed by atoms with Gasteiger partial charge in [-0.05, 0) is 68.7 Å². The third-order valence-electron chi connectivity index (χ3n) is 9.18. The molecule has 12 heteroatoms. The van der Waals surface area contributed by atoms with E-state index >= 15 is 0 Å². The topological polar surface area (TPSA) is 153 Å². The molecule has 0 amide bonds. The Kier molecular flexibility index (Phi) is 7.48. The minimum absolute atomic E-state index is 0.0347. The van der Waals surface area contributed by atoms with Crippen molar-refractivity contribution in [3.63, 3.8) is 0 Å². The first-order chi connectivity index (χ1) is 22.2. The van der Waals surface area contributed by atoms with E-state index in [1.165, 1.54) is 6.33 Å². The lowest BCUT2D eigenvalue weighted by Gasteiger charge is -2.35. The van der Waals surface area contributed by atoms with Crippen LogP contribution in [0, 0.1) is 0 Å². The van der Waals surface area contributed by atoms with Crippen molar-refractivity contribution in [2.75, 3.05) is 0 Å². The third-order valence-corrected chi connectivity index (χ3v) is 9.18. The third kappa shape index (κ3) is 5.37. The molecule has 0 unspecified atom stereocenters. The highest BCUT2D eigenvalue weighted by molar-refractivity contribution is 5.80. The van der Waals surface area contributed by atoms with Crippen molar-refractivity contribution in [2.24, 2.45) is 0 Å². The van der Waals surface area contributed by atoms with Crippen LogP contribution in [0.25, 0.3) is 28.3 Å². The van der Waals surface area contributed by atoms with Gasteiger partial charge in [0, 0.05) is 23.6 Å². The molecule has 1 aliphatic heterocycles. The smallest absolute Gasteiger partial charge is 0.384 e. The molecule has 0 bridgehead atoms. The van der Waals surface area contributed by atoms with E-state index < -0.39 is 17.0 Å². The molecule has 1 spiro atoms. The van der Waals surface area contributed by atoms with Gasteiger partial charge < -0.3 is 5.11 Å². The maximum absolute atomic E-state index is 14.4. The highest BCUT2D eigenvalue weighted by Crippen LogP contribution is 2.42. The van der Waals surface area contributed by atoms with Crippen molar-refractivity contribution in [3.8, 4) is 22.5 Å². The zero-order valence-corrected chi connectivity index (χ0v) is 26.1. The van der Waals surface area contributed by atoms with Crippen LogP contribution >= 0.6 is 0 Å². The van der Waals surface area contributed by atoms with Gasteiger partial charge in [0.2, 0.25) is 5.78 Å². The number of hydrogen-bond acceptors (Lipinski definition) is 9. The molecule has 3 N–H and O–H groups in total. The molecule has 2 aliphatic rings. The molecule has 46 heavy (non-hydrogen) atoms. The molecule has 238 valence electrons. The fourth-order valence-electron chi connectivity index (χ4n) is 6.75. The first kappa shape index (κ1) is 29.9. The standard InChI is InChI=1S/C34H37N7O5/c1-4-7-27-26(18-21-10-12-22(13-11-21)24-8-5-6-9-25(24)29-37-32(43)45-39-29)30(42)40(31-35-20-36-41(27)31)23-14-16-34(17-15-23)19-28(38-46-34)33(2,3)44/h5-6,8-13,19-20,23,38,44H,4,7,14-18H2,1-3H3,(H,37,39,43). The summed E-state index contributed by atoms with van der Waals surface area (Å²) in [6.45, 7) is 5.56. The number of H-pyrrole nitrogens is 1. The first-order valence-electron chi connectivity index (χ1n) is 15.8.